The van der Waals surface area contributed by atoms with Gasteiger partial charge in [0.2, 0.25) is 0 Å². The summed E-state index contributed by atoms with van der Waals surface area (Å²) in [5.41, 5.74) is 3.21. The predicted molar refractivity (Wildman–Crippen MR) is 105 cm³/mol. The van der Waals surface area contributed by atoms with E-state index in [1.807, 2.05) is 19.1 Å². The molecule has 150 valence electrons. The second-order valence-electron chi connectivity index (χ2n) is 8.03. The Hall–Kier alpha value is -2.76. The maximum atomic E-state index is 13.2. The van der Waals surface area contributed by atoms with Crippen molar-refractivity contribution in [1.82, 2.24) is 5.32 Å². The number of dihydropyridines is 1. The molecular formula is C22H27NO5. The summed E-state index contributed by atoms with van der Waals surface area (Å²) in [6, 6.07) is 5.42. The molecule has 0 aromatic heterocycles. The molecule has 6 nitrogen and oxygen atoms in total. The van der Waals surface area contributed by atoms with Crippen molar-refractivity contribution >= 4 is 11.8 Å². The number of benzene rings is 1. The van der Waals surface area contributed by atoms with Crippen LogP contribution in [0, 0.1) is 5.41 Å². The lowest BCUT2D eigenvalue weighted by Gasteiger charge is -2.39. The number of rotatable bonds is 4. The summed E-state index contributed by atoms with van der Waals surface area (Å²) < 4.78 is 15.9. The number of ketones is 1. The molecule has 6 heteroatoms. The molecule has 0 fully saturated rings. The molecule has 0 amide bonds. The third-order valence-corrected chi connectivity index (χ3v) is 5.40. The van der Waals surface area contributed by atoms with Crippen LogP contribution in [0.25, 0.3) is 0 Å². The van der Waals surface area contributed by atoms with Gasteiger partial charge < -0.3 is 19.5 Å². The Labute approximate surface area is 165 Å². The Balaban J connectivity index is 2.25. The van der Waals surface area contributed by atoms with Crippen molar-refractivity contribution in [2.24, 2.45) is 5.41 Å². The lowest BCUT2D eigenvalue weighted by atomic mass is 9.68. The van der Waals surface area contributed by atoms with Crippen LogP contribution >= 0.6 is 0 Å². The molecule has 0 radical (unpaired) electrons. The summed E-state index contributed by atoms with van der Waals surface area (Å²) in [6.07, 6.45) is 1.16. The first-order chi connectivity index (χ1) is 13.2. The highest BCUT2D eigenvalue weighted by Gasteiger charge is 2.43. The number of hydrogen-bond acceptors (Lipinski definition) is 6. The van der Waals surface area contributed by atoms with Gasteiger partial charge in [0.15, 0.2) is 5.78 Å². The molecule has 28 heavy (non-hydrogen) atoms. The highest BCUT2D eigenvalue weighted by Crippen LogP contribution is 2.48. The van der Waals surface area contributed by atoms with Crippen molar-refractivity contribution in [1.29, 1.82) is 0 Å². The van der Waals surface area contributed by atoms with E-state index in [1.54, 1.807) is 20.3 Å². The van der Waals surface area contributed by atoms with Crippen LogP contribution in [0.2, 0.25) is 0 Å². The van der Waals surface area contributed by atoms with Gasteiger partial charge in [0.05, 0.1) is 32.8 Å². The van der Waals surface area contributed by atoms with Gasteiger partial charge >= 0.3 is 5.97 Å². The molecule has 0 spiro atoms. The fraction of sp³-hybridized carbons (Fsp3) is 0.455. The fourth-order valence-electron chi connectivity index (χ4n) is 4.18. The topological polar surface area (TPSA) is 73.9 Å². The van der Waals surface area contributed by atoms with Crippen LogP contribution in [-0.2, 0) is 14.3 Å². The van der Waals surface area contributed by atoms with Gasteiger partial charge in [-0.25, -0.2) is 4.79 Å². The smallest absolute Gasteiger partial charge is 0.336 e. The third kappa shape index (κ3) is 3.39. The van der Waals surface area contributed by atoms with E-state index in [0.29, 0.717) is 34.8 Å². The number of ether oxygens (including phenoxy) is 3. The van der Waals surface area contributed by atoms with Gasteiger partial charge in [0.1, 0.15) is 11.5 Å². The highest BCUT2D eigenvalue weighted by molar-refractivity contribution is 6.04. The Morgan fingerprint density at radius 1 is 1.14 bits per heavy atom. The zero-order valence-electron chi connectivity index (χ0n) is 17.3. The number of methoxy groups -OCH3 is 3. The molecule has 0 saturated heterocycles. The first-order valence-corrected chi connectivity index (χ1v) is 9.26. The highest BCUT2D eigenvalue weighted by atomic mass is 16.5. The molecule has 1 aliphatic carbocycles. The minimum atomic E-state index is -0.548. The molecule has 1 heterocycles. The Kier molecular flexibility index (Phi) is 5.24. The average Bonchev–Trinajstić information content (AvgIpc) is 2.64. The van der Waals surface area contributed by atoms with Gasteiger partial charge in [0, 0.05) is 35.0 Å². The summed E-state index contributed by atoms with van der Waals surface area (Å²) in [4.78, 5) is 25.8. The largest absolute Gasteiger partial charge is 0.497 e. The first-order valence-electron chi connectivity index (χ1n) is 9.26. The molecule has 1 aromatic carbocycles. The number of carbonyl (C=O) groups is 2. The summed E-state index contributed by atoms with van der Waals surface area (Å²) in [5.74, 6) is 0.228. The van der Waals surface area contributed by atoms with Crippen molar-refractivity contribution in [3.05, 3.63) is 46.3 Å². The summed E-state index contributed by atoms with van der Waals surface area (Å²) in [5, 5.41) is 3.30. The van der Waals surface area contributed by atoms with Gasteiger partial charge in [0.25, 0.3) is 0 Å². The van der Waals surface area contributed by atoms with Crippen molar-refractivity contribution < 1.29 is 23.8 Å². The third-order valence-electron chi connectivity index (χ3n) is 5.40. The van der Waals surface area contributed by atoms with Crippen LogP contribution in [0.5, 0.6) is 11.5 Å². The minimum Gasteiger partial charge on any atom is -0.497 e. The monoisotopic (exact) mass is 385 g/mol. The maximum absolute atomic E-state index is 13.2. The summed E-state index contributed by atoms with van der Waals surface area (Å²) in [6.45, 7) is 5.99. The number of Topliss-reactive ketones (excluding diaryl/α,β-unsaturated/α-hetero) is 1. The van der Waals surface area contributed by atoms with Crippen molar-refractivity contribution in [3.8, 4) is 11.5 Å². The van der Waals surface area contributed by atoms with Gasteiger partial charge in [-0.05, 0) is 24.8 Å². The molecule has 3 rings (SSSR count). The van der Waals surface area contributed by atoms with E-state index < -0.39 is 11.9 Å². The molecule has 1 atom stereocenters. The van der Waals surface area contributed by atoms with Crippen molar-refractivity contribution in [3.63, 3.8) is 0 Å². The van der Waals surface area contributed by atoms with Crippen LogP contribution in [0.4, 0.5) is 0 Å². The van der Waals surface area contributed by atoms with Crippen LogP contribution in [0.15, 0.2) is 40.7 Å². The molecule has 0 bridgehead atoms. The summed E-state index contributed by atoms with van der Waals surface area (Å²) in [7, 11) is 4.49. The number of hydrogen-bond donors (Lipinski definition) is 1. The zero-order valence-corrected chi connectivity index (χ0v) is 17.3. The van der Waals surface area contributed by atoms with Gasteiger partial charge in [-0.15, -0.1) is 0 Å². The maximum Gasteiger partial charge on any atom is 0.336 e. The SMILES string of the molecule is COC(=O)C1=C(C)NC2=C(C(=O)CC(C)(C)C2)C1c1ccc(OC)cc1OC. The molecule has 1 N–H and O–H groups in total. The van der Waals surface area contributed by atoms with Crippen LogP contribution in [0.3, 0.4) is 0 Å². The minimum absolute atomic E-state index is 0.0375. The number of allylic oxidation sites excluding steroid dienone is 3. The van der Waals surface area contributed by atoms with E-state index in [0.717, 1.165) is 17.7 Å². The molecule has 0 saturated carbocycles. The van der Waals surface area contributed by atoms with Gasteiger partial charge in [-0.2, -0.15) is 0 Å². The van der Waals surface area contributed by atoms with Crippen LogP contribution < -0.4 is 14.8 Å². The quantitative estimate of drug-likeness (QED) is 0.800. The molecule has 2 aliphatic rings. The van der Waals surface area contributed by atoms with Gasteiger partial charge in [-0.1, -0.05) is 19.9 Å². The van der Waals surface area contributed by atoms with E-state index in [-0.39, 0.29) is 11.2 Å². The first kappa shape index (κ1) is 20.0. The van der Waals surface area contributed by atoms with Crippen molar-refractivity contribution in [2.75, 3.05) is 21.3 Å². The summed E-state index contributed by atoms with van der Waals surface area (Å²) >= 11 is 0. The van der Waals surface area contributed by atoms with E-state index in [1.165, 1.54) is 7.11 Å². The van der Waals surface area contributed by atoms with Crippen LogP contribution in [0.1, 0.15) is 45.1 Å². The second-order valence-corrected chi connectivity index (χ2v) is 8.03. The number of esters is 1. The number of carbonyl (C=O) groups excluding carboxylic acids is 2. The normalized spacial score (nSPS) is 21.1. The predicted octanol–water partition coefficient (Wildman–Crippen LogP) is 3.48. The molecular weight excluding hydrogens is 358 g/mol. The van der Waals surface area contributed by atoms with E-state index >= 15 is 0 Å². The van der Waals surface area contributed by atoms with Gasteiger partial charge in [-0.3, -0.25) is 4.79 Å². The standard InChI is InChI=1S/C22H27NO5/c1-12-18(21(25)28-6)19(14-8-7-13(26-4)9-17(14)27-5)20-15(23-12)10-22(2,3)11-16(20)24/h7-9,19,23H,10-11H2,1-6H3. The number of nitrogens with one attached hydrogen (secondary N) is 1. The second kappa shape index (κ2) is 7.34. The van der Waals surface area contributed by atoms with Crippen LogP contribution in [-0.4, -0.2) is 33.1 Å². The van der Waals surface area contributed by atoms with Crippen molar-refractivity contribution in [2.45, 2.75) is 39.5 Å². The Bertz CT molecular complexity index is 894. The van der Waals surface area contributed by atoms with E-state index in [9.17, 15) is 9.59 Å². The lowest BCUT2D eigenvalue weighted by Crippen LogP contribution is -2.38. The fourth-order valence-corrected chi connectivity index (χ4v) is 4.18. The molecule has 1 aliphatic heterocycles. The van der Waals surface area contributed by atoms with E-state index in [4.69, 9.17) is 14.2 Å². The average molecular weight is 385 g/mol. The molecule has 1 aromatic rings. The Morgan fingerprint density at radius 3 is 2.46 bits per heavy atom. The van der Waals surface area contributed by atoms with E-state index in [2.05, 4.69) is 19.2 Å². The lowest BCUT2D eigenvalue weighted by molar-refractivity contribution is -0.136. The molecule has 1 unspecified atom stereocenters. The zero-order chi connectivity index (χ0) is 20.6. The Morgan fingerprint density at radius 2 is 1.86 bits per heavy atom.